The van der Waals surface area contributed by atoms with Crippen LogP contribution in [0.2, 0.25) is 0 Å². The minimum atomic E-state index is -0.165. The predicted molar refractivity (Wildman–Crippen MR) is 95.9 cm³/mol. The van der Waals surface area contributed by atoms with Crippen LogP contribution in [0.25, 0.3) is 0 Å². The second kappa shape index (κ2) is 7.57. The van der Waals surface area contributed by atoms with Crippen LogP contribution in [0.15, 0.2) is 18.5 Å². The minimum absolute atomic E-state index is 0.0244. The first-order valence-electron chi connectivity index (χ1n) is 9.71. The van der Waals surface area contributed by atoms with Crippen molar-refractivity contribution in [3.63, 3.8) is 0 Å². The summed E-state index contributed by atoms with van der Waals surface area (Å²) < 4.78 is 0. The number of amides is 3. The lowest BCUT2D eigenvalue weighted by molar-refractivity contribution is -0.900. The Balaban J connectivity index is 1.16. The van der Waals surface area contributed by atoms with E-state index in [1.807, 2.05) is 6.07 Å². The Labute approximate surface area is 153 Å². The number of aromatic nitrogens is 2. The molecule has 3 saturated heterocycles. The highest BCUT2D eigenvalue weighted by Gasteiger charge is 2.46. The number of hydrogen-bond acceptors (Lipinski definition) is 5. The van der Waals surface area contributed by atoms with Crippen LogP contribution in [-0.4, -0.2) is 83.6 Å². The van der Waals surface area contributed by atoms with E-state index in [0.717, 1.165) is 70.9 Å². The molecule has 3 fully saturated rings. The molecule has 3 amide bonds. The average Bonchev–Trinajstić information content (AvgIpc) is 3.25. The van der Waals surface area contributed by atoms with Gasteiger partial charge in [0, 0.05) is 25.5 Å². The number of carbonyl (C=O) groups is 2. The molecule has 0 spiro atoms. The fourth-order valence-electron chi connectivity index (χ4n) is 4.26. The van der Waals surface area contributed by atoms with Crippen molar-refractivity contribution >= 4 is 17.9 Å². The average molecular weight is 359 g/mol. The molecule has 140 valence electrons. The lowest BCUT2D eigenvalue weighted by Crippen LogP contribution is -3.14. The molecule has 0 saturated carbocycles. The smallest absolute Gasteiger partial charge is 0.327 e. The van der Waals surface area contributed by atoms with Crippen molar-refractivity contribution in [3.8, 4) is 0 Å². The molecule has 8 heteroatoms. The SMILES string of the molecule is O=C1[C@@H]2CCCN2C(=O)N1CCCC[NH+]1CCN(c2ncccn2)CC1. The first-order chi connectivity index (χ1) is 12.7. The number of fused-ring (bicyclic) bond motifs is 1. The predicted octanol–water partition coefficient (Wildman–Crippen LogP) is -0.612. The third-order valence-corrected chi connectivity index (χ3v) is 5.75. The van der Waals surface area contributed by atoms with E-state index >= 15 is 0 Å². The zero-order valence-electron chi connectivity index (χ0n) is 15.1. The quantitative estimate of drug-likeness (QED) is 0.542. The summed E-state index contributed by atoms with van der Waals surface area (Å²) in [6.45, 7) is 6.50. The van der Waals surface area contributed by atoms with Crippen LogP contribution >= 0.6 is 0 Å². The van der Waals surface area contributed by atoms with Crippen molar-refractivity contribution in [2.45, 2.75) is 31.7 Å². The van der Waals surface area contributed by atoms with Crippen molar-refractivity contribution in [2.75, 3.05) is 50.7 Å². The number of imide groups is 1. The van der Waals surface area contributed by atoms with Crippen LogP contribution in [0.1, 0.15) is 25.7 Å². The largest absolute Gasteiger partial charge is 0.332 e. The van der Waals surface area contributed by atoms with Crippen molar-refractivity contribution in [2.24, 2.45) is 0 Å². The molecule has 1 N–H and O–H groups in total. The zero-order valence-corrected chi connectivity index (χ0v) is 15.1. The van der Waals surface area contributed by atoms with Gasteiger partial charge in [-0.2, -0.15) is 0 Å². The molecule has 1 atom stereocenters. The topological polar surface area (TPSA) is 74.1 Å². The maximum Gasteiger partial charge on any atom is 0.327 e. The van der Waals surface area contributed by atoms with Gasteiger partial charge in [0.2, 0.25) is 5.95 Å². The van der Waals surface area contributed by atoms with Gasteiger partial charge >= 0.3 is 6.03 Å². The van der Waals surface area contributed by atoms with Crippen LogP contribution in [0.3, 0.4) is 0 Å². The summed E-state index contributed by atoms with van der Waals surface area (Å²) in [5, 5.41) is 0. The van der Waals surface area contributed by atoms with Gasteiger partial charge in [0.05, 0.1) is 32.7 Å². The molecule has 1 aromatic rings. The molecule has 0 radical (unpaired) electrons. The third-order valence-electron chi connectivity index (χ3n) is 5.75. The number of urea groups is 1. The number of anilines is 1. The molecule has 0 aliphatic carbocycles. The molecule has 26 heavy (non-hydrogen) atoms. The Bertz CT molecular complexity index is 624. The molecule has 4 rings (SSSR count). The van der Waals surface area contributed by atoms with Gasteiger partial charge in [-0.25, -0.2) is 14.8 Å². The molecule has 8 nitrogen and oxygen atoms in total. The van der Waals surface area contributed by atoms with E-state index in [2.05, 4.69) is 14.9 Å². The fourth-order valence-corrected chi connectivity index (χ4v) is 4.26. The number of nitrogens with one attached hydrogen (secondary N) is 1. The zero-order chi connectivity index (χ0) is 17.9. The molecule has 4 heterocycles. The highest BCUT2D eigenvalue weighted by molar-refractivity contribution is 6.04. The standard InChI is InChI=1S/C18H26N6O2/c25-16-15-5-3-10-23(15)18(26)24(16)9-2-1-8-21-11-13-22(14-12-21)17-19-6-4-7-20-17/h4,6-7,15H,1-3,5,8-14H2/p+1/t15-/m0/s1. The van der Waals surface area contributed by atoms with Gasteiger partial charge in [-0.3, -0.25) is 9.69 Å². The van der Waals surface area contributed by atoms with Crippen LogP contribution in [0, 0.1) is 0 Å². The van der Waals surface area contributed by atoms with Crippen molar-refractivity contribution < 1.29 is 14.5 Å². The number of piperazine rings is 1. The van der Waals surface area contributed by atoms with Crippen molar-refractivity contribution in [3.05, 3.63) is 18.5 Å². The molecule has 3 aliphatic heterocycles. The van der Waals surface area contributed by atoms with Crippen LogP contribution in [0.4, 0.5) is 10.7 Å². The fraction of sp³-hybridized carbons (Fsp3) is 0.667. The lowest BCUT2D eigenvalue weighted by atomic mass is 10.2. The second-order valence-electron chi connectivity index (χ2n) is 7.37. The van der Waals surface area contributed by atoms with Gasteiger partial charge in [-0.05, 0) is 31.7 Å². The summed E-state index contributed by atoms with van der Waals surface area (Å²) in [4.78, 5) is 40.3. The maximum absolute atomic E-state index is 12.3. The first-order valence-corrected chi connectivity index (χ1v) is 9.71. The van der Waals surface area contributed by atoms with E-state index in [1.165, 1.54) is 4.90 Å². The molecule has 1 aromatic heterocycles. The van der Waals surface area contributed by atoms with Crippen molar-refractivity contribution in [1.29, 1.82) is 0 Å². The molecular weight excluding hydrogens is 332 g/mol. The Morgan fingerprint density at radius 3 is 2.58 bits per heavy atom. The van der Waals surface area contributed by atoms with Gasteiger partial charge < -0.3 is 14.7 Å². The highest BCUT2D eigenvalue weighted by atomic mass is 16.2. The normalized spacial score (nSPS) is 23.8. The number of carbonyl (C=O) groups excluding carboxylic acids is 2. The van der Waals surface area contributed by atoms with Gasteiger partial charge in [0.1, 0.15) is 6.04 Å². The summed E-state index contributed by atoms with van der Waals surface area (Å²) in [6, 6.07) is 1.60. The number of nitrogens with zero attached hydrogens (tertiary/aromatic N) is 5. The van der Waals surface area contributed by atoms with Gasteiger partial charge in [0.25, 0.3) is 5.91 Å². The van der Waals surface area contributed by atoms with E-state index in [9.17, 15) is 9.59 Å². The van der Waals surface area contributed by atoms with Crippen molar-refractivity contribution in [1.82, 2.24) is 19.8 Å². The van der Waals surface area contributed by atoms with Crippen LogP contribution in [-0.2, 0) is 4.79 Å². The van der Waals surface area contributed by atoms with Gasteiger partial charge in [-0.15, -0.1) is 0 Å². The Hall–Kier alpha value is -2.22. The molecular formula is C18H27N6O2+. The minimum Gasteiger partial charge on any atom is -0.332 e. The lowest BCUT2D eigenvalue weighted by Gasteiger charge is -2.32. The van der Waals surface area contributed by atoms with E-state index in [0.29, 0.717) is 6.54 Å². The Kier molecular flexibility index (Phi) is 5.01. The molecule has 0 unspecified atom stereocenters. The highest BCUT2D eigenvalue weighted by Crippen LogP contribution is 2.27. The number of unbranched alkanes of at least 4 members (excludes halogenated alkanes) is 1. The second-order valence-corrected chi connectivity index (χ2v) is 7.37. The maximum atomic E-state index is 12.3. The summed E-state index contributed by atoms with van der Waals surface area (Å²) in [6.07, 6.45) is 7.30. The molecule has 0 bridgehead atoms. The van der Waals surface area contributed by atoms with Gasteiger partial charge in [-0.1, -0.05) is 0 Å². The van der Waals surface area contributed by atoms with Crippen LogP contribution in [0.5, 0.6) is 0 Å². The van der Waals surface area contributed by atoms with Crippen LogP contribution < -0.4 is 9.80 Å². The number of hydrogen-bond donors (Lipinski definition) is 1. The number of rotatable bonds is 6. The number of quaternary nitrogens is 1. The Morgan fingerprint density at radius 1 is 1.08 bits per heavy atom. The van der Waals surface area contributed by atoms with E-state index in [4.69, 9.17) is 0 Å². The molecule has 0 aromatic carbocycles. The summed E-state index contributed by atoms with van der Waals surface area (Å²) in [5.41, 5.74) is 0. The summed E-state index contributed by atoms with van der Waals surface area (Å²) >= 11 is 0. The van der Waals surface area contributed by atoms with E-state index in [1.54, 1.807) is 22.2 Å². The third kappa shape index (κ3) is 3.38. The first kappa shape index (κ1) is 17.2. The van der Waals surface area contributed by atoms with E-state index in [-0.39, 0.29) is 18.0 Å². The molecule has 3 aliphatic rings. The van der Waals surface area contributed by atoms with E-state index < -0.39 is 0 Å². The summed E-state index contributed by atoms with van der Waals surface area (Å²) in [5.74, 6) is 0.842. The summed E-state index contributed by atoms with van der Waals surface area (Å²) in [7, 11) is 0. The Morgan fingerprint density at radius 2 is 1.85 bits per heavy atom. The monoisotopic (exact) mass is 359 g/mol. The van der Waals surface area contributed by atoms with Gasteiger partial charge in [0.15, 0.2) is 0 Å².